The predicted octanol–water partition coefficient (Wildman–Crippen LogP) is 3.04. The largest absolute Gasteiger partial charge is 0.394 e. The van der Waals surface area contributed by atoms with E-state index in [1.165, 1.54) is 24.2 Å². The summed E-state index contributed by atoms with van der Waals surface area (Å²) in [5.74, 6) is 0.786. The van der Waals surface area contributed by atoms with Gasteiger partial charge in [-0.15, -0.1) is 11.3 Å². The van der Waals surface area contributed by atoms with Crippen LogP contribution in [0, 0.1) is 19.8 Å². The minimum atomic E-state index is -0.104. The fourth-order valence-corrected chi connectivity index (χ4v) is 4.28. The SMILES string of the molecule is Cc1nc2scc(C)n2c1CNC1(CO)CCC(C)CC1. The number of hydrogen-bond acceptors (Lipinski definition) is 4. The Kier molecular flexibility index (Phi) is 4.08. The Balaban J connectivity index is 1.79. The molecule has 2 aromatic heterocycles. The second-order valence-electron chi connectivity index (χ2n) is 6.61. The van der Waals surface area contributed by atoms with Crippen molar-refractivity contribution in [2.75, 3.05) is 6.61 Å². The smallest absolute Gasteiger partial charge is 0.194 e. The second-order valence-corrected chi connectivity index (χ2v) is 7.45. The van der Waals surface area contributed by atoms with Crippen molar-refractivity contribution in [1.29, 1.82) is 0 Å². The molecule has 2 heterocycles. The lowest BCUT2D eigenvalue weighted by Gasteiger charge is -2.39. The molecule has 1 fully saturated rings. The van der Waals surface area contributed by atoms with Gasteiger partial charge in [-0.25, -0.2) is 4.98 Å². The van der Waals surface area contributed by atoms with Gasteiger partial charge in [0, 0.05) is 23.2 Å². The predicted molar refractivity (Wildman–Crippen MR) is 86.8 cm³/mol. The number of nitrogens with zero attached hydrogens (tertiary/aromatic N) is 2. The third kappa shape index (κ3) is 2.74. The van der Waals surface area contributed by atoms with Gasteiger partial charge >= 0.3 is 0 Å². The van der Waals surface area contributed by atoms with E-state index in [2.05, 4.69) is 40.9 Å². The summed E-state index contributed by atoms with van der Waals surface area (Å²) in [6.45, 7) is 7.51. The Labute approximate surface area is 130 Å². The van der Waals surface area contributed by atoms with Crippen LogP contribution in [0.5, 0.6) is 0 Å². The van der Waals surface area contributed by atoms with Crippen LogP contribution < -0.4 is 5.32 Å². The normalized spacial score (nSPS) is 26.6. The van der Waals surface area contributed by atoms with Gasteiger partial charge in [0.15, 0.2) is 4.96 Å². The van der Waals surface area contributed by atoms with Crippen molar-refractivity contribution < 1.29 is 5.11 Å². The zero-order valence-electron chi connectivity index (χ0n) is 13.1. The standard InChI is InChI=1S/C16H25N3OS/c1-11-4-6-16(10-20,7-5-11)17-8-14-13(3)18-15-19(14)12(2)9-21-15/h9,11,17,20H,4-8,10H2,1-3H3. The van der Waals surface area contributed by atoms with Crippen LogP contribution in [-0.4, -0.2) is 26.6 Å². The molecule has 1 aliphatic rings. The van der Waals surface area contributed by atoms with E-state index in [0.29, 0.717) is 0 Å². The van der Waals surface area contributed by atoms with E-state index in [-0.39, 0.29) is 12.1 Å². The van der Waals surface area contributed by atoms with Crippen LogP contribution in [0.15, 0.2) is 5.38 Å². The summed E-state index contributed by atoms with van der Waals surface area (Å²) in [6, 6.07) is 0. The van der Waals surface area contributed by atoms with E-state index in [1.807, 2.05) is 0 Å². The van der Waals surface area contributed by atoms with Gasteiger partial charge < -0.3 is 10.4 Å². The van der Waals surface area contributed by atoms with Gasteiger partial charge in [0.1, 0.15) is 0 Å². The zero-order valence-corrected chi connectivity index (χ0v) is 14.0. The van der Waals surface area contributed by atoms with Crippen LogP contribution in [0.2, 0.25) is 0 Å². The fraction of sp³-hybridized carbons (Fsp3) is 0.688. The number of aromatic nitrogens is 2. The Hall–Kier alpha value is -0.910. The topological polar surface area (TPSA) is 49.6 Å². The first-order valence-electron chi connectivity index (χ1n) is 7.82. The van der Waals surface area contributed by atoms with Crippen molar-refractivity contribution in [3.63, 3.8) is 0 Å². The van der Waals surface area contributed by atoms with Crippen molar-refractivity contribution in [2.24, 2.45) is 5.92 Å². The van der Waals surface area contributed by atoms with Crippen LogP contribution in [-0.2, 0) is 6.54 Å². The summed E-state index contributed by atoms with van der Waals surface area (Å²) in [6.07, 6.45) is 4.53. The first-order chi connectivity index (χ1) is 10.0. The lowest BCUT2D eigenvalue weighted by molar-refractivity contribution is 0.104. The van der Waals surface area contributed by atoms with E-state index in [1.54, 1.807) is 11.3 Å². The van der Waals surface area contributed by atoms with Gasteiger partial charge in [-0.1, -0.05) is 6.92 Å². The summed E-state index contributed by atoms with van der Waals surface area (Å²) in [4.78, 5) is 5.70. The molecule has 2 N–H and O–H groups in total. The molecule has 0 aliphatic heterocycles. The summed E-state index contributed by atoms with van der Waals surface area (Å²) < 4.78 is 2.24. The monoisotopic (exact) mass is 307 g/mol. The van der Waals surface area contributed by atoms with Gasteiger partial charge in [-0.2, -0.15) is 0 Å². The third-order valence-corrected chi connectivity index (χ3v) is 5.94. The van der Waals surface area contributed by atoms with Crippen molar-refractivity contribution in [3.8, 4) is 0 Å². The highest BCUT2D eigenvalue weighted by Crippen LogP contribution is 2.32. The van der Waals surface area contributed by atoms with Gasteiger partial charge in [0.25, 0.3) is 0 Å². The quantitative estimate of drug-likeness (QED) is 0.913. The Morgan fingerprint density at radius 1 is 1.43 bits per heavy atom. The average Bonchev–Trinajstić information content (AvgIpc) is 2.99. The van der Waals surface area contributed by atoms with Crippen molar-refractivity contribution in [1.82, 2.24) is 14.7 Å². The second kappa shape index (κ2) is 5.71. The van der Waals surface area contributed by atoms with E-state index < -0.39 is 0 Å². The molecule has 3 rings (SSSR count). The summed E-state index contributed by atoms with van der Waals surface area (Å²) in [5, 5.41) is 15.7. The highest BCUT2D eigenvalue weighted by molar-refractivity contribution is 7.15. The average molecular weight is 307 g/mol. The molecule has 1 aliphatic carbocycles. The summed E-state index contributed by atoms with van der Waals surface area (Å²) in [5.41, 5.74) is 3.46. The maximum atomic E-state index is 9.87. The molecule has 0 saturated heterocycles. The maximum Gasteiger partial charge on any atom is 0.194 e. The van der Waals surface area contributed by atoms with Crippen molar-refractivity contribution in [2.45, 2.75) is 58.5 Å². The molecule has 5 heteroatoms. The van der Waals surface area contributed by atoms with E-state index >= 15 is 0 Å². The number of imidazole rings is 1. The van der Waals surface area contributed by atoms with Crippen molar-refractivity contribution >= 4 is 16.3 Å². The molecule has 4 nitrogen and oxygen atoms in total. The molecular weight excluding hydrogens is 282 g/mol. The molecule has 0 amide bonds. The molecule has 0 bridgehead atoms. The van der Waals surface area contributed by atoms with Gasteiger partial charge in [0.05, 0.1) is 18.0 Å². The van der Waals surface area contributed by atoms with Crippen molar-refractivity contribution in [3.05, 3.63) is 22.5 Å². The number of hydrogen-bond donors (Lipinski definition) is 2. The van der Waals surface area contributed by atoms with Crippen LogP contribution in [0.3, 0.4) is 0 Å². The third-order valence-electron chi connectivity index (χ3n) is 4.99. The van der Waals surface area contributed by atoms with Crippen LogP contribution in [0.1, 0.15) is 49.7 Å². The van der Waals surface area contributed by atoms with Gasteiger partial charge in [-0.05, 0) is 45.4 Å². The molecule has 0 radical (unpaired) electrons. The highest BCUT2D eigenvalue weighted by atomic mass is 32.1. The zero-order chi connectivity index (χ0) is 15.0. The lowest BCUT2D eigenvalue weighted by Crippen LogP contribution is -2.50. The molecule has 116 valence electrons. The molecular formula is C16H25N3OS. The molecule has 2 aromatic rings. The number of aryl methyl sites for hydroxylation is 2. The minimum absolute atomic E-state index is 0.104. The molecule has 0 aromatic carbocycles. The van der Waals surface area contributed by atoms with Gasteiger partial charge in [-0.3, -0.25) is 4.40 Å². The Bertz CT molecular complexity index is 623. The highest BCUT2D eigenvalue weighted by Gasteiger charge is 2.33. The van der Waals surface area contributed by atoms with Crippen LogP contribution >= 0.6 is 11.3 Å². The number of fused-ring (bicyclic) bond motifs is 1. The molecule has 21 heavy (non-hydrogen) atoms. The molecule has 0 unspecified atom stereocenters. The van der Waals surface area contributed by atoms with E-state index in [4.69, 9.17) is 0 Å². The number of thiazole rings is 1. The van der Waals surface area contributed by atoms with Crippen LogP contribution in [0.25, 0.3) is 4.96 Å². The van der Waals surface area contributed by atoms with Crippen LogP contribution in [0.4, 0.5) is 0 Å². The summed E-state index contributed by atoms with van der Waals surface area (Å²) >= 11 is 1.69. The fourth-order valence-electron chi connectivity index (χ4n) is 3.35. The Morgan fingerprint density at radius 3 is 2.81 bits per heavy atom. The maximum absolute atomic E-state index is 9.87. The molecule has 0 atom stereocenters. The van der Waals surface area contributed by atoms with E-state index in [9.17, 15) is 5.11 Å². The minimum Gasteiger partial charge on any atom is -0.394 e. The molecule has 1 saturated carbocycles. The number of aliphatic hydroxyl groups is 1. The molecule has 0 spiro atoms. The summed E-state index contributed by atoms with van der Waals surface area (Å²) in [7, 11) is 0. The van der Waals surface area contributed by atoms with E-state index in [0.717, 1.165) is 36.0 Å². The first-order valence-corrected chi connectivity index (χ1v) is 8.70. The number of rotatable bonds is 4. The van der Waals surface area contributed by atoms with Gasteiger partial charge in [0.2, 0.25) is 0 Å². The number of aliphatic hydroxyl groups excluding tert-OH is 1. The number of nitrogens with one attached hydrogen (secondary N) is 1. The first kappa shape index (κ1) is 15.0. The lowest BCUT2D eigenvalue weighted by atomic mass is 9.77. The Morgan fingerprint density at radius 2 is 2.14 bits per heavy atom.